The molecule has 0 amide bonds. The van der Waals surface area contributed by atoms with Gasteiger partial charge < -0.3 is 9.97 Å². The summed E-state index contributed by atoms with van der Waals surface area (Å²) in [7, 11) is 2.32. The van der Waals surface area contributed by atoms with Crippen LogP contribution in [0, 0.1) is 18.9 Å². The first-order valence-electron chi connectivity index (χ1n) is 2.79. The molecule has 0 aliphatic rings. The molecule has 0 aromatic carbocycles. The van der Waals surface area contributed by atoms with E-state index in [1.54, 1.807) is 0 Å². The monoisotopic (exact) mass is 346 g/mol. The maximum Gasteiger partial charge on any atom is 2.00 e. The Morgan fingerprint density at radius 1 is 1.42 bits per heavy atom. The van der Waals surface area contributed by atoms with Crippen molar-refractivity contribution in [2.24, 2.45) is 0 Å². The van der Waals surface area contributed by atoms with Gasteiger partial charge in [0.05, 0.1) is 0 Å². The van der Waals surface area contributed by atoms with Crippen molar-refractivity contribution in [2.45, 2.75) is 0 Å². The van der Waals surface area contributed by atoms with Crippen LogP contribution in [0.4, 0.5) is 0 Å². The minimum atomic E-state index is 0. The zero-order chi connectivity index (χ0) is 8.27. The molecule has 0 radical (unpaired) electrons. The molecule has 1 unspecified atom stereocenters. The van der Waals surface area contributed by atoms with Gasteiger partial charge in [0.25, 0.3) is 0 Å². The average molecular weight is 346 g/mol. The minimum Gasteiger partial charge on any atom is -0.309 e. The van der Waals surface area contributed by atoms with Crippen molar-refractivity contribution in [3.05, 3.63) is 18.2 Å². The molecule has 1 aromatic rings. The number of nitrogens with zero attached hydrogens (tertiary/aromatic N) is 3. The van der Waals surface area contributed by atoms with Crippen molar-refractivity contribution in [3.63, 3.8) is 0 Å². The summed E-state index contributed by atoms with van der Waals surface area (Å²) in [6.07, 6.45) is 6.35. The van der Waals surface area contributed by atoms with E-state index in [0.717, 1.165) is 0 Å². The molecule has 12 heavy (non-hydrogen) atoms. The van der Waals surface area contributed by atoms with Crippen LogP contribution in [0.2, 0.25) is 0 Å². The van der Waals surface area contributed by atoms with Crippen LogP contribution in [0.1, 0.15) is 11.6 Å². The predicted octanol–water partition coefficient (Wildman–Crippen LogP) is -0.203. The fourth-order valence-corrected chi connectivity index (χ4v) is 0.803. The molecule has 0 saturated heterocycles. The second-order valence-corrected chi connectivity index (χ2v) is 2.20. The molecule has 58 valence electrons. The van der Waals surface area contributed by atoms with Crippen LogP contribution in [0.3, 0.4) is 0 Å². The number of rotatable bonds is 1. The Morgan fingerprint density at radius 2 is 2.08 bits per heavy atom. The van der Waals surface area contributed by atoms with E-state index in [2.05, 4.69) is 30.1 Å². The summed E-state index contributed by atoms with van der Waals surface area (Å²) in [5.74, 6) is 2.97. The van der Waals surface area contributed by atoms with Crippen LogP contribution in [0.15, 0.2) is 0 Å². The maximum absolute atomic E-state index is 5.19. The molecular formula is C7H5N3PW+. The average Bonchev–Trinajstić information content (AvgIpc) is 2.03. The molecule has 0 aliphatic heterocycles. The first-order valence-corrected chi connectivity index (χ1v) is 3.37. The van der Waals surface area contributed by atoms with Crippen molar-refractivity contribution in [3.8, 4) is 12.3 Å². The van der Waals surface area contributed by atoms with Crippen molar-refractivity contribution >= 4 is 20.9 Å². The molecule has 0 saturated carbocycles. The van der Waals surface area contributed by atoms with E-state index in [9.17, 15) is 0 Å². The summed E-state index contributed by atoms with van der Waals surface area (Å²) < 4.78 is 0. The van der Waals surface area contributed by atoms with Gasteiger partial charge in [-0.3, -0.25) is 6.58 Å². The molecule has 1 aromatic heterocycles. The Kier molecular flexibility index (Phi) is 4.90. The van der Waals surface area contributed by atoms with Crippen LogP contribution >= 0.6 is 9.24 Å². The standard InChI is InChI=1S/C7H5N3P.W/c1-3-5-8-6(4-2)10-7(11)9-5;/h1-3H,11H2;/q-1;+2. The summed E-state index contributed by atoms with van der Waals surface area (Å²) in [6, 6.07) is 0. The summed E-state index contributed by atoms with van der Waals surface area (Å²) in [6.45, 7) is 5.19. The van der Waals surface area contributed by atoms with Crippen molar-refractivity contribution in [2.75, 3.05) is 0 Å². The first kappa shape index (κ1) is 11.4. The van der Waals surface area contributed by atoms with E-state index in [4.69, 9.17) is 13.0 Å². The van der Waals surface area contributed by atoms with Gasteiger partial charge >= 0.3 is 21.1 Å². The van der Waals surface area contributed by atoms with Crippen LogP contribution < -0.4 is 5.57 Å². The van der Waals surface area contributed by atoms with Crippen molar-refractivity contribution in [1.29, 1.82) is 0 Å². The third-order valence-corrected chi connectivity index (χ3v) is 1.21. The molecule has 0 N–H and O–H groups in total. The summed E-state index contributed by atoms with van der Waals surface area (Å²) in [5.41, 5.74) is 0.490. The second-order valence-electron chi connectivity index (χ2n) is 1.69. The van der Waals surface area contributed by atoms with Gasteiger partial charge in [-0.15, -0.1) is 6.42 Å². The molecule has 0 fully saturated rings. The van der Waals surface area contributed by atoms with Gasteiger partial charge in [-0.25, -0.2) is 4.98 Å². The third kappa shape index (κ3) is 2.81. The molecule has 1 atom stereocenters. The van der Waals surface area contributed by atoms with E-state index in [1.165, 1.54) is 6.08 Å². The normalized spacial score (nSPS) is 8.00. The van der Waals surface area contributed by atoms with E-state index < -0.39 is 0 Å². The maximum atomic E-state index is 5.19. The molecule has 0 aliphatic carbocycles. The van der Waals surface area contributed by atoms with E-state index in [1.807, 2.05) is 0 Å². The SMILES string of the molecule is C#Cc1nc(P)nc(C=[CH-])n1.[W+2]. The Balaban J connectivity index is 0.00000121. The van der Waals surface area contributed by atoms with Gasteiger partial charge in [-0.05, 0) is 5.92 Å². The molecule has 1 rings (SSSR count). The summed E-state index contributed by atoms with van der Waals surface area (Å²) in [5, 5.41) is 0. The first-order chi connectivity index (χ1) is 5.26. The predicted molar refractivity (Wildman–Crippen MR) is 45.9 cm³/mol. The molecular weight excluding hydrogens is 341 g/mol. The minimum absolute atomic E-state index is 0. The largest absolute Gasteiger partial charge is 2.00 e. The molecule has 0 bridgehead atoms. The molecule has 1 heterocycles. The van der Waals surface area contributed by atoms with Gasteiger partial charge in [0.15, 0.2) is 5.82 Å². The van der Waals surface area contributed by atoms with Gasteiger partial charge in [0.2, 0.25) is 0 Å². The summed E-state index contributed by atoms with van der Waals surface area (Å²) >= 11 is 0. The quantitative estimate of drug-likeness (QED) is 0.402. The van der Waals surface area contributed by atoms with Crippen molar-refractivity contribution in [1.82, 2.24) is 15.0 Å². The number of aromatic nitrogens is 3. The van der Waals surface area contributed by atoms with Gasteiger partial charge in [-0.2, -0.15) is 6.08 Å². The van der Waals surface area contributed by atoms with Crippen LogP contribution in [0.25, 0.3) is 6.08 Å². The summed E-state index contributed by atoms with van der Waals surface area (Å²) in [4.78, 5) is 11.5. The van der Waals surface area contributed by atoms with E-state index in [0.29, 0.717) is 17.2 Å². The smallest absolute Gasteiger partial charge is 0.309 e. The topological polar surface area (TPSA) is 38.7 Å². The van der Waals surface area contributed by atoms with Crippen LogP contribution in [0.5, 0.6) is 0 Å². The zero-order valence-electron chi connectivity index (χ0n) is 6.06. The number of terminal acetylenes is 1. The van der Waals surface area contributed by atoms with Gasteiger partial charge in [0, 0.05) is 5.82 Å². The van der Waals surface area contributed by atoms with Crippen LogP contribution in [-0.4, -0.2) is 15.0 Å². The Labute approximate surface area is 87.6 Å². The zero-order valence-corrected chi connectivity index (χ0v) is 10.1. The fourth-order valence-electron chi connectivity index (χ4n) is 0.548. The Bertz CT molecular complexity index is 332. The van der Waals surface area contributed by atoms with Crippen LogP contribution in [-0.2, 0) is 21.1 Å². The fraction of sp³-hybridized carbons (Fsp3) is 0. The Hall–Kier alpha value is -0.572. The van der Waals surface area contributed by atoms with Gasteiger partial charge in [0.1, 0.15) is 5.57 Å². The molecule has 0 spiro atoms. The van der Waals surface area contributed by atoms with Gasteiger partial charge in [-0.1, -0.05) is 9.24 Å². The number of hydrogen-bond donors (Lipinski definition) is 0. The van der Waals surface area contributed by atoms with Crippen molar-refractivity contribution < 1.29 is 21.1 Å². The van der Waals surface area contributed by atoms with E-state index >= 15 is 0 Å². The molecule has 3 nitrogen and oxygen atoms in total. The number of hydrogen-bond acceptors (Lipinski definition) is 3. The van der Waals surface area contributed by atoms with E-state index in [-0.39, 0.29) is 21.1 Å². The molecule has 5 heteroatoms. The third-order valence-electron chi connectivity index (χ3n) is 0.948. The Morgan fingerprint density at radius 3 is 2.58 bits per heavy atom. The second kappa shape index (κ2) is 5.14.